The number of para-hydroxylation sites is 1. The molecule has 0 radical (unpaired) electrons. The van der Waals surface area contributed by atoms with Crippen molar-refractivity contribution < 1.29 is 4.74 Å². The first-order chi connectivity index (χ1) is 9.66. The van der Waals surface area contributed by atoms with E-state index in [0.29, 0.717) is 0 Å². The van der Waals surface area contributed by atoms with Crippen molar-refractivity contribution >= 4 is 17.4 Å². The smallest absolute Gasteiger partial charge is 0.119 e. The molecule has 3 heteroatoms. The van der Waals surface area contributed by atoms with Gasteiger partial charge in [-0.2, -0.15) is 0 Å². The van der Waals surface area contributed by atoms with Crippen LogP contribution in [0.5, 0.6) is 5.75 Å². The largest absolute Gasteiger partial charge is 0.494 e. The van der Waals surface area contributed by atoms with Crippen molar-refractivity contribution in [2.45, 2.75) is 25.2 Å². The molecule has 0 aliphatic rings. The van der Waals surface area contributed by atoms with E-state index in [1.807, 2.05) is 25.1 Å². The summed E-state index contributed by atoms with van der Waals surface area (Å²) in [6.45, 7) is 4.85. The van der Waals surface area contributed by atoms with Gasteiger partial charge in [-0.1, -0.05) is 24.3 Å². The van der Waals surface area contributed by atoms with E-state index < -0.39 is 0 Å². The summed E-state index contributed by atoms with van der Waals surface area (Å²) in [5, 5.41) is 0. The van der Waals surface area contributed by atoms with Crippen molar-refractivity contribution in [3.63, 3.8) is 0 Å². The van der Waals surface area contributed by atoms with Crippen LogP contribution in [0.3, 0.4) is 0 Å². The van der Waals surface area contributed by atoms with E-state index in [1.165, 1.54) is 10.5 Å². The van der Waals surface area contributed by atoms with E-state index in [9.17, 15) is 0 Å². The van der Waals surface area contributed by atoms with Crippen LogP contribution in [-0.4, -0.2) is 12.4 Å². The van der Waals surface area contributed by atoms with Crippen molar-refractivity contribution in [2.24, 2.45) is 0 Å². The fourth-order valence-corrected chi connectivity index (χ4v) is 2.89. The second-order valence-corrected chi connectivity index (χ2v) is 5.99. The molecule has 0 atom stereocenters. The Bertz CT molecular complexity index is 569. The highest BCUT2D eigenvalue weighted by Crippen LogP contribution is 2.27. The number of nitrogens with two attached hydrogens (primary N) is 1. The van der Waals surface area contributed by atoms with Crippen LogP contribution in [-0.2, 0) is 0 Å². The molecule has 0 saturated heterocycles. The van der Waals surface area contributed by atoms with Gasteiger partial charge >= 0.3 is 0 Å². The predicted molar refractivity (Wildman–Crippen MR) is 87.6 cm³/mol. The van der Waals surface area contributed by atoms with Crippen LogP contribution < -0.4 is 10.5 Å². The summed E-state index contributed by atoms with van der Waals surface area (Å²) in [5.74, 6) is 1.96. The molecule has 2 aromatic carbocycles. The van der Waals surface area contributed by atoms with Gasteiger partial charge in [0.2, 0.25) is 0 Å². The SMILES string of the molecule is Cc1cccc(OCCCSc2cccc(C)c2N)c1. The van der Waals surface area contributed by atoms with Crippen LogP contribution in [0.25, 0.3) is 0 Å². The van der Waals surface area contributed by atoms with Crippen molar-refractivity contribution in [1.82, 2.24) is 0 Å². The van der Waals surface area contributed by atoms with Gasteiger partial charge in [0.1, 0.15) is 5.75 Å². The van der Waals surface area contributed by atoms with E-state index in [2.05, 4.69) is 31.2 Å². The summed E-state index contributed by atoms with van der Waals surface area (Å²) < 4.78 is 5.73. The van der Waals surface area contributed by atoms with Crippen molar-refractivity contribution in [3.8, 4) is 5.75 Å². The van der Waals surface area contributed by atoms with Crippen LogP contribution in [0, 0.1) is 13.8 Å². The molecule has 2 N–H and O–H groups in total. The van der Waals surface area contributed by atoms with E-state index in [-0.39, 0.29) is 0 Å². The molecule has 106 valence electrons. The zero-order chi connectivity index (χ0) is 14.4. The summed E-state index contributed by atoms with van der Waals surface area (Å²) in [4.78, 5) is 1.17. The van der Waals surface area contributed by atoms with Crippen molar-refractivity contribution in [3.05, 3.63) is 53.6 Å². The zero-order valence-corrected chi connectivity index (χ0v) is 12.9. The molecule has 0 aromatic heterocycles. The number of hydrogen-bond donors (Lipinski definition) is 1. The Morgan fingerprint density at radius 3 is 2.70 bits per heavy atom. The van der Waals surface area contributed by atoms with Gasteiger partial charge in [0.15, 0.2) is 0 Å². The molecule has 2 aromatic rings. The van der Waals surface area contributed by atoms with Gasteiger partial charge in [-0.3, -0.25) is 0 Å². The van der Waals surface area contributed by atoms with Crippen LogP contribution in [0.4, 0.5) is 5.69 Å². The Labute approximate surface area is 125 Å². The van der Waals surface area contributed by atoms with Crippen LogP contribution >= 0.6 is 11.8 Å². The molecule has 0 amide bonds. The summed E-state index contributed by atoms with van der Waals surface area (Å²) in [6.07, 6.45) is 1.01. The maximum atomic E-state index is 6.05. The van der Waals surface area contributed by atoms with Crippen molar-refractivity contribution in [2.75, 3.05) is 18.1 Å². The molecule has 20 heavy (non-hydrogen) atoms. The fourth-order valence-electron chi connectivity index (χ4n) is 1.92. The topological polar surface area (TPSA) is 35.2 Å². The minimum Gasteiger partial charge on any atom is -0.494 e. The first-order valence-corrected chi connectivity index (χ1v) is 7.83. The third-order valence-corrected chi connectivity index (χ3v) is 4.25. The Balaban J connectivity index is 1.73. The molecule has 0 bridgehead atoms. The molecule has 0 saturated carbocycles. The van der Waals surface area contributed by atoms with Gasteiger partial charge in [-0.15, -0.1) is 11.8 Å². The van der Waals surface area contributed by atoms with Gasteiger partial charge in [0.05, 0.1) is 6.61 Å². The quantitative estimate of drug-likeness (QED) is 0.484. The number of benzene rings is 2. The fraction of sp³-hybridized carbons (Fsp3) is 0.294. The van der Waals surface area contributed by atoms with Gasteiger partial charge < -0.3 is 10.5 Å². The molecule has 0 aliphatic heterocycles. The average molecular weight is 287 g/mol. The van der Waals surface area contributed by atoms with Crippen LogP contribution in [0.1, 0.15) is 17.5 Å². The molecule has 0 aliphatic carbocycles. The number of rotatable bonds is 6. The molecular weight excluding hydrogens is 266 g/mol. The van der Waals surface area contributed by atoms with Crippen molar-refractivity contribution in [1.29, 1.82) is 0 Å². The Morgan fingerprint density at radius 2 is 1.90 bits per heavy atom. The Hall–Kier alpha value is -1.61. The number of nitrogen functional groups attached to an aromatic ring is 1. The number of aryl methyl sites for hydroxylation is 2. The second-order valence-electron chi connectivity index (χ2n) is 4.85. The summed E-state index contributed by atoms with van der Waals surface area (Å²) in [7, 11) is 0. The molecule has 2 rings (SSSR count). The normalized spacial score (nSPS) is 10.5. The molecule has 0 heterocycles. The number of anilines is 1. The summed E-state index contributed by atoms with van der Waals surface area (Å²) in [5.41, 5.74) is 9.32. The lowest BCUT2D eigenvalue weighted by Gasteiger charge is -2.09. The maximum Gasteiger partial charge on any atom is 0.119 e. The standard InChI is InChI=1S/C17H21NOS/c1-13-6-3-8-15(12-13)19-10-5-11-20-16-9-4-7-14(2)17(16)18/h3-4,6-9,12H,5,10-11,18H2,1-2H3. The highest BCUT2D eigenvalue weighted by Gasteiger charge is 2.02. The molecule has 0 fully saturated rings. The summed E-state index contributed by atoms with van der Waals surface area (Å²) in [6, 6.07) is 14.3. The molecule has 0 spiro atoms. The van der Waals surface area contributed by atoms with Crippen LogP contribution in [0.2, 0.25) is 0 Å². The number of ether oxygens (including phenoxy) is 1. The zero-order valence-electron chi connectivity index (χ0n) is 12.1. The number of hydrogen-bond acceptors (Lipinski definition) is 3. The van der Waals surface area contributed by atoms with Gasteiger partial charge in [-0.25, -0.2) is 0 Å². The lowest BCUT2D eigenvalue weighted by Crippen LogP contribution is -1.99. The van der Waals surface area contributed by atoms with Gasteiger partial charge in [0, 0.05) is 16.3 Å². The van der Waals surface area contributed by atoms with Gasteiger partial charge in [0.25, 0.3) is 0 Å². The summed E-state index contributed by atoms with van der Waals surface area (Å²) >= 11 is 1.79. The van der Waals surface area contributed by atoms with Crippen LogP contribution in [0.15, 0.2) is 47.4 Å². The number of thioether (sulfide) groups is 1. The highest BCUT2D eigenvalue weighted by molar-refractivity contribution is 7.99. The first kappa shape index (κ1) is 14.8. The molecular formula is C17H21NOS. The molecule has 0 unspecified atom stereocenters. The van der Waals surface area contributed by atoms with E-state index in [1.54, 1.807) is 11.8 Å². The minimum atomic E-state index is 0.738. The second kappa shape index (κ2) is 7.25. The lowest BCUT2D eigenvalue weighted by molar-refractivity contribution is 0.318. The lowest BCUT2D eigenvalue weighted by atomic mass is 10.2. The average Bonchev–Trinajstić information content (AvgIpc) is 2.43. The van der Waals surface area contributed by atoms with E-state index in [4.69, 9.17) is 10.5 Å². The monoisotopic (exact) mass is 287 g/mol. The maximum absolute atomic E-state index is 6.05. The third kappa shape index (κ3) is 4.20. The molecule has 2 nitrogen and oxygen atoms in total. The van der Waals surface area contributed by atoms with E-state index in [0.717, 1.165) is 35.8 Å². The predicted octanol–water partition coefficient (Wildman–Crippen LogP) is 4.45. The van der Waals surface area contributed by atoms with E-state index >= 15 is 0 Å². The Morgan fingerprint density at radius 1 is 1.10 bits per heavy atom. The van der Waals surface area contributed by atoms with Gasteiger partial charge in [-0.05, 0) is 49.6 Å². The first-order valence-electron chi connectivity index (χ1n) is 6.84. The highest BCUT2D eigenvalue weighted by atomic mass is 32.2. The third-order valence-electron chi connectivity index (χ3n) is 3.09. The Kier molecular flexibility index (Phi) is 5.36. The minimum absolute atomic E-state index is 0.738.